The van der Waals surface area contributed by atoms with Crippen molar-refractivity contribution in [1.82, 2.24) is 0 Å². The van der Waals surface area contributed by atoms with Crippen LogP contribution < -0.4 is 0 Å². The quantitative estimate of drug-likeness (QED) is 0.417. The lowest BCUT2D eigenvalue weighted by molar-refractivity contribution is -0.0720. The molecule has 0 aromatic rings. The van der Waals surface area contributed by atoms with Crippen LogP contribution in [0.3, 0.4) is 0 Å². The minimum absolute atomic E-state index is 0.0245. The van der Waals surface area contributed by atoms with Crippen LogP contribution in [0.5, 0.6) is 0 Å². The molecule has 0 rings (SSSR count). The summed E-state index contributed by atoms with van der Waals surface area (Å²) in [6.45, 7) is 13.5. The van der Waals surface area contributed by atoms with E-state index in [-0.39, 0.29) is 5.41 Å². The van der Waals surface area contributed by atoms with Gasteiger partial charge in [-0.25, -0.2) is 0 Å². The molecule has 0 heterocycles. The average molecular weight is 288 g/mol. The second kappa shape index (κ2) is 13.8. The van der Waals surface area contributed by atoms with Crippen LogP contribution in [-0.2, 0) is 14.2 Å². The van der Waals surface area contributed by atoms with Crippen molar-refractivity contribution in [3.8, 4) is 0 Å². The van der Waals surface area contributed by atoms with Crippen molar-refractivity contribution in [2.45, 2.75) is 66.2 Å². The number of hydrogen-bond donors (Lipinski definition) is 0. The van der Waals surface area contributed by atoms with Gasteiger partial charge in [0.25, 0.3) is 0 Å². The molecule has 0 aromatic carbocycles. The Morgan fingerprint density at radius 3 is 1.40 bits per heavy atom. The van der Waals surface area contributed by atoms with Gasteiger partial charge in [-0.1, -0.05) is 40.5 Å². The van der Waals surface area contributed by atoms with Gasteiger partial charge in [0.15, 0.2) is 0 Å². The summed E-state index contributed by atoms with van der Waals surface area (Å²) in [4.78, 5) is 0. The highest BCUT2D eigenvalue weighted by atomic mass is 16.5. The lowest BCUT2D eigenvalue weighted by atomic mass is 9.88. The fourth-order valence-corrected chi connectivity index (χ4v) is 1.93. The monoisotopic (exact) mass is 288 g/mol. The van der Waals surface area contributed by atoms with Crippen LogP contribution in [0.1, 0.15) is 66.2 Å². The smallest absolute Gasteiger partial charge is 0.0566 e. The summed E-state index contributed by atoms with van der Waals surface area (Å²) in [5.74, 6) is 0. The number of unbranched alkanes of at least 4 members (excludes halogenated alkanes) is 2. The van der Waals surface area contributed by atoms with Crippen molar-refractivity contribution < 1.29 is 14.2 Å². The molecule has 0 aliphatic carbocycles. The number of rotatable bonds is 15. The predicted molar refractivity (Wildman–Crippen MR) is 85.3 cm³/mol. The molecular formula is C17H36O3. The van der Waals surface area contributed by atoms with Gasteiger partial charge in [-0.15, -0.1) is 0 Å². The minimum Gasteiger partial charge on any atom is -0.381 e. The summed E-state index contributed by atoms with van der Waals surface area (Å²) in [5, 5.41) is 0. The third kappa shape index (κ3) is 9.73. The Morgan fingerprint density at radius 2 is 1.05 bits per heavy atom. The highest BCUT2D eigenvalue weighted by Crippen LogP contribution is 2.24. The molecule has 20 heavy (non-hydrogen) atoms. The Balaban J connectivity index is 4.20. The van der Waals surface area contributed by atoms with Crippen LogP contribution in [0.25, 0.3) is 0 Å². The molecule has 0 amide bonds. The van der Waals surface area contributed by atoms with Gasteiger partial charge in [-0.2, -0.15) is 0 Å². The van der Waals surface area contributed by atoms with Gasteiger partial charge < -0.3 is 14.2 Å². The molecular weight excluding hydrogens is 252 g/mol. The molecule has 0 aliphatic rings. The van der Waals surface area contributed by atoms with Gasteiger partial charge in [0.1, 0.15) is 0 Å². The number of hydrogen-bond acceptors (Lipinski definition) is 3. The first kappa shape index (κ1) is 19.9. The maximum atomic E-state index is 5.86. The van der Waals surface area contributed by atoms with Crippen LogP contribution in [0.4, 0.5) is 0 Å². The summed E-state index contributed by atoms with van der Waals surface area (Å²) < 4.78 is 17.5. The van der Waals surface area contributed by atoms with E-state index in [4.69, 9.17) is 14.2 Å². The topological polar surface area (TPSA) is 27.7 Å². The van der Waals surface area contributed by atoms with Crippen LogP contribution >= 0.6 is 0 Å². The van der Waals surface area contributed by atoms with E-state index in [9.17, 15) is 0 Å². The zero-order valence-electron chi connectivity index (χ0n) is 14.2. The first-order valence-electron chi connectivity index (χ1n) is 8.47. The van der Waals surface area contributed by atoms with E-state index in [1.807, 2.05) is 0 Å². The Morgan fingerprint density at radius 1 is 0.600 bits per heavy atom. The number of ether oxygens (including phenoxy) is 3. The van der Waals surface area contributed by atoms with E-state index < -0.39 is 0 Å². The molecule has 0 radical (unpaired) electrons. The Hall–Kier alpha value is -0.120. The summed E-state index contributed by atoms with van der Waals surface area (Å²) in [6.07, 6.45) is 6.72. The van der Waals surface area contributed by atoms with Crippen LogP contribution in [0, 0.1) is 5.41 Å². The van der Waals surface area contributed by atoms with E-state index in [0.29, 0.717) is 0 Å². The predicted octanol–water partition coefficient (Wildman–Crippen LogP) is 4.44. The standard InChI is InChI=1S/C17H36O3/c1-5-9-12-19-15-17(8-4,14-18-11-7-3)16-20-13-10-6-2/h5-16H2,1-4H3. The second-order valence-corrected chi connectivity index (χ2v) is 5.72. The third-order valence-electron chi connectivity index (χ3n) is 3.61. The zero-order chi connectivity index (χ0) is 15.1. The van der Waals surface area contributed by atoms with Crippen molar-refractivity contribution in [1.29, 1.82) is 0 Å². The van der Waals surface area contributed by atoms with Gasteiger partial charge in [0.2, 0.25) is 0 Å². The fourth-order valence-electron chi connectivity index (χ4n) is 1.93. The lowest BCUT2D eigenvalue weighted by Gasteiger charge is -2.32. The van der Waals surface area contributed by atoms with Gasteiger partial charge in [-0.05, 0) is 25.7 Å². The molecule has 0 saturated heterocycles. The molecule has 0 bridgehead atoms. The van der Waals surface area contributed by atoms with Gasteiger partial charge in [-0.3, -0.25) is 0 Å². The Labute approximate surface area is 126 Å². The largest absolute Gasteiger partial charge is 0.381 e. The summed E-state index contributed by atoms with van der Waals surface area (Å²) in [7, 11) is 0. The normalized spacial score (nSPS) is 12.0. The first-order chi connectivity index (χ1) is 9.74. The summed E-state index contributed by atoms with van der Waals surface area (Å²) >= 11 is 0. The van der Waals surface area contributed by atoms with Crippen LogP contribution in [0.2, 0.25) is 0 Å². The van der Waals surface area contributed by atoms with E-state index >= 15 is 0 Å². The SMILES string of the molecule is CCCCOCC(CC)(COCCC)COCCCC. The minimum atomic E-state index is 0.0245. The van der Waals surface area contributed by atoms with Crippen LogP contribution in [0.15, 0.2) is 0 Å². The molecule has 3 heteroatoms. The highest BCUT2D eigenvalue weighted by molar-refractivity contribution is 4.77. The fraction of sp³-hybridized carbons (Fsp3) is 1.00. The van der Waals surface area contributed by atoms with Gasteiger partial charge in [0, 0.05) is 25.2 Å². The van der Waals surface area contributed by atoms with E-state index in [1.165, 1.54) is 12.8 Å². The summed E-state index contributed by atoms with van der Waals surface area (Å²) in [5.41, 5.74) is 0.0245. The van der Waals surface area contributed by atoms with Crippen molar-refractivity contribution in [2.24, 2.45) is 5.41 Å². The molecule has 0 N–H and O–H groups in total. The maximum absolute atomic E-state index is 5.86. The molecule has 0 aromatic heterocycles. The molecule has 0 saturated carbocycles. The van der Waals surface area contributed by atoms with Crippen molar-refractivity contribution in [2.75, 3.05) is 39.6 Å². The maximum Gasteiger partial charge on any atom is 0.0566 e. The van der Waals surface area contributed by atoms with Gasteiger partial charge in [0.05, 0.1) is 19.8 Å². The lowest BCUT2D eigenvalue weighted by Crippen LogP contribution is -2.37. The Kier molecular flexibility index (Phi) is 13.8. The molecule has 122 valence electrons. The molecule has 0 fully saturated rings. The van der Waals surface area contributed by atoms with Crippen molar-refractivity contribution >= 4 is 0 Å². The summed E-state index contributed by atoms with van der Waals surface area (Å²) in [6, 6.07) is 0. The molecule has 0 spiro atoms. The third-order valence-corrected chi connectivity index (χ3v) is 3.61. The van der Waals surface area contributed by atoms with Gasteiger partial charge >= 0.3 is 0 Å². The highest BCUT2D eigenvalue weighted by Gasteiger charge is 2.29. The average Bonchev–Trinajstić information content (AvgIpc) is 2.47. The Bertz CT molecular complexity index is 183. The first-order valence-corrected chi connectivity index (χ1v) is 8.47. The van der Waals surface area contributed by atoms with E-state index in [1.54, 1.807) is 0 Å². The molecule has 3 nitrogen and oxygen atoms in total. The molecule has 0 unspecified atom stereocenters. The zero-order valence-corrected chi connectivity index (χ0v) is 14.2. The molecule has 0 atom stereocenters. The molecule has 0 aliphatic heterocycles. The van der Waals surface area contributed by atoms with E-state index in [0.717, 1.165) is 65.3 Å². The van der Waals surface area contributed by atoms with Crippen molar-refractivity contribution in [3.63, 3.8) is 0 Å². The van der Waals surface area contributed by atoms with Crippen molar-refractivity contribution in [3.05, 3.63) is 0 Å². The van der Waals surface area contributed by atoms with E-state index in [2.05, 4.69) is 27.7 Å². The second-order valence-electron chi connectivity index (χ2n) is 5.72. The van der Waals surface area contributed by atoms with Crippen LogP contribution in [-0.4, -0.2) is 39.6 Å².